The van der Waals surface area contributed by atoms with Gasteiger partial charge in [-0.2, -0.15) is 0 Å². The Kier molecular flexibility index (Phi) is 5.85. The van der Waals surface area contributed by atoms with Crippen LogP contribution in [0.4, 0.5) is 10.1 Å². The molecule has 0 saturated heterocycles. The standard InChI is InChI=1S/C15H14BrClFNO2/c16-14-7-11(18)4-5-15(14)19-8-12(20)9-21-13-3-1-2-10(17)6-13/h1-7,12,19-20H,8-9H2. The topological polar surface area (TPSA) is 41.5 Å². The SMILES string of the molecule is OC(CNc1ccc(F)cc1Br)COc1cccc(Cl)c1. The molecule has 6 heteroatoms. The molecule has 0 amide bonds. The third kappa shape index (κ3) is 5.19. The summed E-state index contributed by atoms with van der Waals surface area (Å²) in [6.07, 6.45) is -0.707. The summed E-state index contributed by atoms with van der Waals surface area (Å²) in [6, 6.07) is 11.3. The van der Waals surface area contributed by atoms with E-state index < -0.39 is 6.10 Å². The zero-order chi connectivity index (χ0) is 15.2. The monoisotopic (exact) mass is 373 g/mol. The summed E-state index contributed by atoms with van der Waals surface area (Å²) in [6.45, 7) is 0.414. The molecule has 2 rings (SSSR count). The molecule has 0 bridgehead atoms. The molecule has 2 aromatic carbocycles. The third-order valence-electron chi connectivity index (χ3n) is 2.70. The van der Waals surface area contributed by atoms with Gasteiger partial charge in [0, 0.05) is 21.7 Å². The molecule has 1 atom stereocenters. The Morgan fingerprint density at radius 1 is 1.29 bits per heavy atom. The second-order valence-electron chi connectivity index (χ2n) is 4.43. The van der Waals surface area contributed by atoms with Crippen LogP contribution in [0.5, 0.6) is 5.75 Å². The highest BCUT2D eigenvalue weighted by atomic mass is 79.9. The molecular formula is C15H14BrClFNO2. The van der Waals surface area contributed by atoms with Crippen LogP contribution in [0.25, 0.3) is 0 Å². The van der Waals surface area contributed by atoms with Gasteiger partial charge >= 0.3 is 0 Å². The number of rotatable bonds is 6. The number of nitrogens with one attached hydrogen (secondary N) is 1. The lowest BCUT2D eigenvalue weighted by atomic mass is 10.3. The van der Waals surface area contributed by atoms with E-state index in [1.54, 1.807) is 30.3 Å². The van der Waals surface area contributed by atoms with Crippen molar-refractivity contribution >= 4 is 33.2 Å². The quantitative estimate of drug-likeness (QED) is 0.800. The molecule has 112 valence electrons. The molecule has 3 nitrogen and oxygen atoms in total. The van der Waals surface area contributed by atoms with Crippen molar-refractivity contribution in [3.63, 3.8) is 0 Å². The Bertz CT molecular complexity index is 612. The van der Waals surface area contributed by atoms with Gasteiger partial charge in [0.1, 0.15) is 24.3 Å². The fourth-order valence-corrected chi connectivity index (χ4v) is 2.34. The lowest BCUT2D eigenvalue weighted by molar-refractivity contribution is 0.117. The summed E-state index contributed by atoms with van der Waals surface area (Å²) in [4.78, 5) is 0. The molecule has 1 unspecified atom stereocenters. The van der Waals surface area contributed by atoms with Gasteiger partial charge in [-0.3, -0.25) is 0 Å². The van der Waals surface area contributed by atoms with Crippen molar-refractivity contribution in [3.05, 3.63) is 57.8 Å². The van der Waals surface area contributed by atoms with Crippen LogP contribution in [0.3, 0.4) is 0 Å². The first-order valence-electron chi connectivity index (χ1n) is 6.30. The van der Waals surface area contributed by atoms with Crippen molar-refractivity contribution in [1.82, 2.24) is 0 Å². The van der Waals surface area contributed by atoms with Crippen molar-refractivity contribution < 1.29 is 14.2 Å². The van der Waals surface area contributed by atoms with E-state index in [2.05, 4.69) is 21.2 Å². The number of anilines is 1. The van der Waals surface area contributed by atoms with E-state index in [0.717, 1.165) is 0 Å². The number of ether oxygens (including phenoxy) is 1. The number of hydrogen-bond acceptors (Lipinski definition) is 3. The van der Waals surface area contributed by atoms with Gasteiger partial charge in [0.05, 0.1) is 0 Å². The molecule has 0 spiro atoms. The van der Waals surface area contributed by atoms with Gasteiger partial charge in [-0.05, 0) is 52.3 Å². The van der Waals surface area contributed by atoms with Crippen LogP contribution in [0, 0.1) is 5.82 Å². The molecule has 0 aliphatic rings. The molecule has 0 aliphatic carbocycles. The van der Waals surface area contributed by atoms with Gasteiger partial charge in [-0.15, -0.1) is 0 Å². The first kappa shape index (κ1) is 16.1. The molecular weight excluding hydrogens is 361 g/mol. The lowest BCUT2D eigenvalue weighted by Crippen LogP contribution is -2.26. The van der Waals surface area contributed by atoms with Gasteiger partial charge in [0.15, 0.2) is 0 Å². The molecule has 2 aromatic rings. The predicted octanol–water partition coefficient (Wildman–Crippen LogP) is 4.09. The van der Waals surface area contributed by atoms with Crippen LogP contribution < -0.4 is 10.1 Å². The van der Waals surface area contributed by atoms with Gasteiger partial charge in [0.25, 0.3) is 0 Å². The zero-order valence-corrected chi connectivity index (χ0v) is 13.4. The summed E-state index contributed by atoms with van der Waals surface area (Å²) in [5.41, 5.74) is 0.707. The largest absolute Gasteiger partial charge is 0.491 e. The molecule has 0 heterocycles. The Morgan fingerprint density at radius 2 is 2.10 bits per heavy atom. The number of aliphatic hydroxyl groups excluding tert-OH is 1. The number of aliphatic hydroxyl groups is 1. The van der Waals surface area contributed by atoms with Gasteiger partial charge in [0.2, 0.25) is 0 Å². The van der Waals surface area contributed by atoms with Gasteiger partial charge in [-0.1, -0.05) is 17.7 Å². The normalized spacial score (nSPS) is 12.0. The molecule has 21 heavy (non-hydrogen) atoms. The van der Waals surface area contributed by atoms with Gasteiger partial charge in [-0.25, -0.2) is 4.39 Å². The van der Waals surface area contributed by atoms with Crippen LogP contribution in [0.15, 0.2) is 46.9 Å². The summed E-state index contributed by atoms with van der Waals surface area (Å²) in [5.74, 6) is 0.279. The van der Waals surface area contributed by atoms with Crippen molar-refractivity contribution in [2.45, 2.75) is 6.10 Å². The molecule has 0 radical (unpaired) electrons. The van der Waals surface area contributed by atoms with Crippen LogP contribution in [-0.4, -0.2) is 24.4 Å². The van der Waals surface area contributed by atoms with Crippen molar-refractivity contribution in [1.29, 1.82) is 0 Å². The fourth-order valence-electron chi connectivity index (χ4n) is 1.67. The fraction of sp³-hybridized carbons (Fsp3) is 0.200. The molecule has 0 aliphatic heterocycles. The van der Waals surface area contributed by atoms with E-state index in [1.807, 2.05) is 0 Å². The zero-order valence-electron chi connectivity index (χ0n) is 11.0. The van der Waals surface area contributed by atoms with Crippen LogP contribution >= 0.6 is 27.5 Å². The minimum Gasteiger partial charge on any atom is -0.491 e. The van der Waals surface area contributed by atoms with Crippen molar-refractivity contribution in [2.75, 3.05) is 18.5 Å². The van der Waals surface area contributed by atoms with E-state index in [-0.39, 0.29) is 19.0 Å². The minimum absolute atomic E-state index is 0.131. The van der Waals surface area contributed by atoms with Crippen LogP contribution in [0.1, 0.15) is 0 Å². The van der Waals surface area contributed by atoms with E-state index in [0.29, 0.717) is 20.9 Å². The second kappa shape index (κ2) is 7.64. The van der Waals surface area contributed by atoms with Crippen molar-refractivity contribution in [3.8, 4) is 5.75 Å². The number of halogens is 3. The first-order valence-corrected chi connectivity index (χ1v) is 7.47. The summed E-state index contributed by atoms with van der Waals surface area (Å²) in [7, 11) is 0. The predicted molar refractivity (Wildman–Crippen MR) is 85.5 cm³/mol. The Labute approximate surface area is 135 Å². The van der Waals surface area contributed by atoms with Crippen LogP contribution in [0.2, 0.25) is 5.02 Å². The summed E-state index contributed by atoms with van der Waals surface area (Å²) >= 11 is 9.09. The smallest absolute Gasteiger partial charge is 0.124 e. The average Bonchev–Trinajstić information content (AvgIpc) is 2.44. The Balaban J connectivity index is 1.80. The van der Waals surface area contributed by atoms with Crippen LogP contribution in [-0.2, 0) is 0 Å². The average molecular weight is 375 g/mol. The first-order chi connectivity index (χ1) is 10.0. The highest BCUT2D eigenvalue weighted by Crippen LogP contribution is 2.23. The Morgan fingerprint density at radius 3 is 2.81 bits per heavy atom. The molecule has 2 N–H and O–H groups in total. The number of hydrogen-bond donors (Lipinski definition) is 2. The minimum atomic E-state index is -0.707. The molecule has 0 aromatic heterocycles. The Hall–Kier alpha value is -1.30. The third-order valence-corrected chi connectivity index (χ3v) is 3.59. The maximum absolute atomic E-state index is 12.9. The second-order valence-corrected chi connectivity index (χ2v) is 5.72. The highest BCUT2D eigenvalue weighted by molar-refractivity contribution is 9.10. The van der Waals surface area contributed by atoms with E-state index in [4.69, 9.17) is 16.3 Å². The van der Waals surface area contributed by atoms with E-state index >= 15 is 0 Å². The van der Waals surface area contributed by atoms with Crippen molar-refractivity contribution in [2.24, 2.45) is 0 Å². The molecule has 0 fully saturated rings. The summed E-state index contributed by atoms with van der Waals surface area (Å²) < 4.78 is 19.0. The maximum atomic E-state index is 12.9. The van der Waals surface area contributed by atoms with E-state index in [9.17, 15) is 9.50 Å². The highest BCUT2D eigenvalue weighted by Gasteiger charge is 2.07. The summed E-state index contributed by atoms with van der Waals surface area (Å²) in [5, 5.41) is 13.5. The van der Waals surface area contributed by atoms with E-state index in [1.165, 1.54) is 12.1 Å². The molecule has 0 saturated carbocycles. The number of benzene rings is 2. The van der Waals surface area contributed by atoms with Gasteiger partial charge < -0.3 is 15.2 Å². The maximum Gasteiger partial charge on any atom is 0.124 e. The lowest BCUT2D eigenvalue weighted by Gasteiger charge is -2.15.